The van der Waals surface area contributed by atoms with Crippen molar-refractivity contribution in [3.8, 4) is 0 Å². The van der Waals surface area contributed by atoms with Crippen LogP contribution in [0.25, 0.3) is 0 Å². The molecule has 0 aliphatic carbocycles. The van der Waals surface area contributed by atoms with Gasteiger partial charge in [0.2, 0.25) is 10.0 Å². The standard InChI is InChI=1S/C18H11F5N4O2S/c19-11-3-1-2-9-13(11)17-14(20)15-10(7-25-26-15)16(9)27(17)30(28,29)8-4-5-12(24-6-8)18(21,22)23/h1-7,14,16-17H,(H,25,26). The van der Waals surface area contributed by atoms with Crippen molar-refractivity contribution in [2.45, 2.75) is 29.3 Å². The van der Waals surface area contributed by atoms with Gasteiger partial charge < -0.3 is 0 Å². The molecule has 3 aromatic rings. The zero-order chi connectivity index (χ0) is 21.4. The van der Waals surface area contributed by atoms with E-state index in [0.29, 0.717) is 12.3 Å². The molecule has 0 amide bonds. The van der Waals surface area contributed by atoms with Crippen LogP contribution < -0.4 is 0 Å². The molecule has 1 N–H and O–H groups in total. The van der Waals surface area contributed by atoms with Gasteiger partial charge in [0.15, 0.2) is 6.17 Å². The number of halogens is 5. The Kier molecular flexibility index (Phi) is 3.87. The van der Waals surface area contributed by atoms with E-state index in [4.69, 9.17) is 0 Å². The summed E-state index contributed by atoms with van der Waals surface area (Å²) in [4.78, 5) is 2.63. The van der Waals surface area contributed by atoms with E-state index in [9.17, 15) is 26.0 Å². The van der Waals surface area contributed by atoms with E-state index >= 15 is 4.39 Å². The quantitative estimate of drug-likeness (QED) is 0.612. The second kappa shape index (κ2) is 6.08. The Bertz CT molecular complexity index is 1260. The first kappa shape index (κ1) is 19.1. The highest BCUT2D eigenvalue weighted by molar-refractivity contribution is 7.89. The fourth-order valence-electron chi connectivity index (χ4n) is 4.12. The maximum absolute atomic E-state index is 15.4. The SMILES string of the molecule is O=S(=O)(c1ccc(C(F)(F)F)nc1)N1C2c3cn[nH]c3C(F)C1c1c(F)cccc12. The van der Waals surface area contributed by atoms with Gasteiger partial charge in [0.1, 0.15) is 16.4 Å². The molecule has 6 nitrogen and oxygen atoms in total. The number of pyridine rings is 1. The molecule has 0 saturated heterocycles. The Balaban J connectivity index is 1.69. The lowest BCUT2D eigenvalue weighted by Gasteiger charge is -2.35. The summed E-state index contributed by atoms with van der Waals surface area (Å²) in [6, 6.07) is 2.65. The van der Waals surface area contributed by atoms with Gasteiger partial charge in [-0.15, -0.1) is 0 Å². The summed E-state index contributed by atoms with van der Waals surface area (Å²) in [6.45, 7) is 0. The van der Waals surface area contributed by atoms with E-state index < -0.39 is 50.9 Å². The normalized spacial score (nSPS) is 23.3. The van der Waals surface area contributed by atoms with Crippen LogP contribution in [-0.2, 0) is 16.2 Å². The summed E-state index contributed by atoms with van der Waals surface area (Å²) in [6.07, 6.45) is -4.87. The minimum Gasteiger partial charge on any atom is -0.279 e. The van der Waals surface area contributed by atoms with Crippen LogP contribution in [0.2, 0.25) is 0 Å². The number of rotatable bonds is 2. The van der Waals surface area contributed by atoms with Gasteiger partial charge in [0.05, 0.1) is 24.0 Å². The van der Waals surface area contributed by atoms with Gasteiger partial charge in [-0.1, -0.05) is 12.1 Å². The number of benzene rings is 1. The Hall–Kier alpha value is -2.86. The molecule has 4 heterocycles. The van der Waals surface area contributed by atoms with Crippen LogP contribution in [0.3, 0.4) is 0 Å². The molecule has 0 spiro atoms. The average molecular weight is 442 g/mol. The molecule has 12 heteroatoms. The molecule has 156 valence electrons. The molecule has 2 aliphatic rings. The highest BCUT2D eigenvalue weighted by Crippen LogP contribution is 2.59. The Morgan fingerprint density at radius 1 is 1.07 bits per heavy atom. The third-order valence-electron chi connectivity index (χ3n) is 5.36. The van der Waals surface area contributed by atoms with Crippen LogP contribution in [0.5, 0.6) is 0 Å². The molecule has 2 aliphatic heterocycles. The molecule has 3 unspecified atom stereocenters. The average Bonchev–Trinajstić information content (AvgIpc) is 3.28. The van der Waals surface area contributed by atoms with E-state index in [1.807, 2.05) is 0 Å². The van der Waals surface area contributed by atoms with Crippen molar-refractivity contribution in [1.82, 2.24) is 19.5 Å². The monoisotopic (exact) mass is 442 g/mol. The zero-order valence-corrected chi connectivity index (χ0v) is 15.5. The Labute approximate surface area is 166 Å². The summed E-state index contributed by atoms with van der Waals surface area (Å²) in [5.74, 6) is -0.772. The highest BCUT2D eigenvalue weighted by Gasteiger charge is 2.56. The number of sulfonamides is 1. The van der Waals surface area contributed by atoms with Crippen LogP contribution in [0.1, 0.15) is 46.3 Å². The van der Waals surface area contributed by atoms with E-state index in [-0.39, 0.29) is 22.4 Å². The number of H-pyrrole nitrogens is 1. The molecule has 0 fully saturated rings. The third-order valence-corrected chi connectivity index (χ3v) is 7.19. The number of fused-ring (bicyclic) bond motifs is 7. The minimum absolute atomic E-state index is 0.0394. The summed E-state index contributed by atoms with van der Waals surface area (Å²) in [5, 5.41) is 6.27. The van der Waals surface area contributed by atoms with Crippen LogP contribution in [0.4, 0.5) is 22.0 Å². The molecule has 2 bridgehead atoms. The predicted octanol–water partition coefficient (Wildman–Crippen LogP) is 3.82. The molecular formula is C18H11F5N4O2S. The molecule has 5 rings (SSSR count). The number of aromatic nitrogens is 3. The number of nitrogens with one attached hydrogen (secondary N) is 1. The first-order valence-corrected chi connectivity index (χ1v) is 10.1. The van der Waals surface area contributed by atoms with Crippen molar-refractivity contribution in [2.75, 3.05) is 0 Å². The Morgan fingerprint density at radius 3 is 2.50 bits per heavy atom. The van der Waals surface area contributed by atoms with Crippen molar-refractivity contribution >= 4 is 10.0 Å². The highest BCUT2D eigenvalue weighted by atomic mass is 32.2. The molecule has 0 radical (unpaired) electrons. The first-order valence-electron chi connectivity index (χ1n) is 8.64. The molecule has 30 heavy (non-hydrogen) atoms. The second-order valence-corrected chi connectivity index (χ2v) is 8.79. The fourth-order valence-corrected chi connectivity index (χ4v) is 5.81. The largest absolute Gasteiger partial charge is 0.433 e. The van der Waals surface area contributed by atoms with Crippen molar-refractivity contribution in [3.63, 3.8) is 0 Å². The van der Waals surface area contributed by atoms with Crippen LogP contribution in [0, 0.1) is 5.82 Å². The first-order chi connectivity index (χ1) is 14.1. The van der Waals surface area contributed by atoms with Gasteiger partial charge in [-0.25, -0.2) is 17.2 Å². The number of aromatic amines is 1. The second-order valence-electron chi connectivity index (χ2n) is 6.94. The number of hydrogen-bond acceptors (Lipinski definition) is 4. The van der Waals surface area contributed by atoms with Gasteiger partial charge in [-0.2, -0.15) is 22.6 Å². The number of nitrogens with zero attached hydrogens (tertiary/aromatic N) is 3. The topological polar surface area (TPSA) is 79.0 Å². The van der Waals surface area contributed by atoms with Gasteiger partial charge in [0.25, 0.3) is 0 Å². The molecule has 1 aromatic carbocycles. The maximum atomic E-state index is 15.4. The molecule has 0 saturated carbocycles. The number of hydrogen-bond donors (Lipinski definition) is 1. The lowest BCUT2D eigenvalue weighted by atomic mass is 9.99. The lowest BCUT2D eigenvalue weighted by molar-refractivity contribution is -0.141. The van der Waals surface area contributed by atoms with Crippen LogP contribution in [0.15, 0.2) is 47.6 Å². The summed E-state index contributed by atoms with van der Waals surface area (Å²) < 4.78 is 95.8. The maximum Gasteiger partial charge on any atom is 0.433 e. The van der Waals surface area contributed by atoms with Crippen molar-refractivity contribution in [2.24, 2.45) is 0 Å². The fraction of sp³-hybridized carbons (Fsp3) is 0.222. The predicted molar refractivity (Wildman–Crippen MR) is 91.7 cm³/mol. The van der Waals surface area contributed by atoms with Crippen molar-refractivity contribution < 1.29 is 30.4 Å². The minimum atomic E-state index is -4.75. The smallest absolute Gasteiger partial charge is 0.279 e. The van der Waals surface area contributed by atoms with Crippen molar-refractivity contribution in [3.05, 3.63) is 76.6 Å². The van der Waals surface area contributed by atoms with Crippen LogP contribution >= 0.6 is 0 Å². The molecule has 3 atom stereocenters. The number of alkyl halides is 4. The van der Waals surface area contributed by atoms with E-state index in [1.54, 1.807) is 0 Å². The van der Waals surface area contributed by atoms with Gasteiger partial charge in [-0.3, -0.25) is 10.1 Å². The lowest BCUT2D eigenvalue weighted by Crippen LogP contribution is -2.39. The van der Waals surface area contributed by atoms with Crippen LogP contribution in [-0.4, -0.2) is 27.9 Å². The van der Waals surface area contributed by atoms with Gasteiger partial charge in [0, 0.05) is 17.3 Å². The van der Waals surface area contributed by atoms with Gasteiger partial charge in [-0.05, 0) is 23.8 Å². The summed E-state index contributed by atoms with van der Waals surface area (Å²) in [5.41, 5.74) is -0.865. The molecular weight excluding hydrogens is 431 g/mol. The summed E-state index contributed by atoms with van der Waals surface area (Å²) >= 11 is 0. The molecule has 2 aromatic heterocycles. The zero-order valence-electron chi connectivity index (χ0n) is 14.7. The van der Waals surface area contributed by atoms with E-state index in [1.165, 1.54) is 18.3 Å². The Morgan fingerprint density at radius 2 is 1.83 bits per heavy atom. The summed E-state index contributed by atoms with van der Waals surface area (Å²) in [7, 11) is -4.54. The van der Waals surface area contributed by atoms with E-state index in [0.717, 1.165) is 16.4 Å². The van der Waals surface area contributed by atoms with Gasteiger partial charge >= 0.3 is 6.18 Å². The van der Waals surface area contributed by atoms with E-state index in [2.05, 4.69) is 15.2 Å². The third kappa shape index (κ3) is 2.46. The van der Waals surface area contributed by atoms with Crippen molar-refractivity contribution in [1.29, 1.82) is 0 Å².